The highest BCUT2D eigenvalue weighted by Gasteiger charge is 2.43. The summed E-state index contributed by atoms with van der Waals surface area (Å²) in [6.07, 6.45) is 0.977. The molecule has 19 heavy (non-hydrogen) atoms. The molecule has 0 radical (unpaired) electrons. The van der Waals surface area contributed by atoms with Gasteiger partial charge in [0.05, 0.1) is 0 Å². The molecule has 0 heterocycles. The van der Waals surface area contributed by atoms with E-state index in [2.05, 4.69) is 17.4 Å². The van der Waals surface area contributed by atoms with E-state index in [0.717, 1.165) is 12.0 Å². The maximum Gasteiger partial charge on any atom is 0.224 e. The number of rotatable bonds is 4. The van der Waals surface area contributed by atoms with Gasteiger partial charge in [0.2, 0.25) is 5.91 Å². The van der Waals surface area contributed by atoms with Gasteiger partial charge < -0.3 is 5.32 Å². The molecule has 2 heteroatoms. The summed E-state index contributed by atoms with van der Waals surface area (Å²) in [7, 11) is 0. The van der Waals surface area contributed by atoms with E-state index >= 15 is 0 Å². The van der Waals surface area contributed by atoms with Gasteiger partial charge in [-0.1, -0.05) is 60.7 Å². The van der Waals surface area contributed by atoms with E-state index in [1.807, 2.05) is 48.5 Å². The number of hydrogen-bond acceptors (Lipinski definition) is 1. The number of nitrogens with one attached hydrogen (secondary N) is 1. The molecule has 0 bridgehead atoms. The van der Waals surface area contributed by atoms with Crippen LogP contribution in [0.1, 0.15) is 23.5 Å². The normalized spacial score (nSPS) is 20.8. The van der Waals surface area contributed by atoms with Crippen molar-refractivity contribution in [2.45, 2.75) is 18.9 Å². The lowest BCUT2D eigenvalue weighted by Crippen LogP contribution is -2.24. The van der Waals surface area contributed by atoms with E-state index in [1.165, 1.54) is 5.56 Å². The smallest absolute Gasteiger partial charge is 0.224 e. The molecule has 0 aliphatic heterocycles. The minimum atomic E-state index is 0.158. The van der Waals surface area contributed by atoms with E-state index in [9.17, 15) is 4.79 Å². The highest BCUT2D eigenvalue weighted by molar-refractivity contribution is 5.82. The third kappa shape index (κ3) is 2.84. The fourth-order valence-electron chi connectivity index (χ4n) is 2.47. The van der Waals surface area contributed by atoms with Crippen LogP contribution in [0.25, 0.3) is 0 Å². The van der Waals surface area contributed by atoms with Crippen molar-refractivity contribution in [1.29, 1.82) is 0 Å². The molecule has 96 valence electrons. The highest BCUT2D eigenvalue weighted by atomic mass is 16.2. The average molecular weight is 251 g/mol. The number of hydrogen-bond donors (Lipinski definition) is 1. The second-order valence-corrected chi connectivity index (χ2v) is 5.06. The lowest BCUT2D eigenvalue weighted by atomic mass is 10.1. The van der Waals surface area contributed by atoms with Gasteiger partial charge in [0, 0.05) is 12.5 Å². The predicted octanol–water partition coefficient (Wildman–Crippen LogP) is 3.11. The van der Waals surface area contributed by atoms with Gasteiger partial charge in [-0.15, -0.1) is 0 Å². The monoisotopic (exact) mass is 251 g/mol. The summed E-state index contributed by atoms with van der Waals surface area (Å²) in [5, 5.41) is 3.02. The quantitative estimate of drug-likeness (QED) is 0.888. The molecule has 0 aromatic heterocycles. The van der Waals surface area contributed by atoms with Crippen LogP contribution >= 0.6 is 0 Å². The van der Waals surface area contributed by atoms with Crippen molar-refractivity contribution in [3.05, 3.63) is 71.8 Å². The van der Waals surface area contributed by atoms with Crippen LogP contribution in [0, 0.1) is 5.92 Å². The maximum absolute atomic E-state index is 12.1. The Morgan fingerprint density at radius 1 is 1.00 bits per heavy atom. The van der Waals surface area contributed by atoms with Gasteiger partial charge in [0.25, 0.3) is 0 Å². The van der Waals surface area contributed by atoms with E-state index < -0.39 is 0 Å². The Bertz CT molecular complexity index is 550. The fraction of sp³-hybridized carbons (Fsp3) is 0.235. The Labute approximate surface area is 113 Å². The zero-order chi connectivity index (χ0) is 13.1. The Morgan fingerprint density at radius 3 is 2.32 bits per heavy atom. The standard InChI is InChI=1S/C17H17NO/c19-17(18-12-13-7-3-1-4-8-13)16-11-15(16)14-9-5-2-6-10-14/h1-10,15-16H,11-12H2,(H,18,19)/t15-,16-/m1/s1. The molecule has 0 unspecified atom stereocenters. The fourth-order valence-corrected chi connectivity index (χ4v) is 2.47. The minimum Gasteiger partial charge on any atom is -0.352 e. The van der Waals surface area contributed by atoms with Crippen molar-refractivity contribution in [1.82, 2.24) is 5.32 Å². The van der Waals surface area contributed by atoms with Crippen LogP contribution in [0.4, 0.5) is 0 Å². The third-order valence-electron chi connectivity index (χ3n) is 3.66. The molecule has 2 aromatic carbocycles. The van der Waals surface area contributed by atoms with Gasteiger partial charge in [-0.2, -0.15) is 0 Å². The third-order valence-corrected chi connectivity index (χ3v) is 3.66. The minimum absolute atomic E-state index is 0.158. The van der Waals surface area contributed by atoms with Crippen molar-refractivity contribution in [2.75, 3.05) is 0 Å². The van der Waals surface area contributed by atoms with E-state index in [4.69, 9.17) is 0 Å². The molecule has 2 aromatic rings. The number of amides is 1. The van der Waals surface area contributed by atoms with Gasteiger partial charge in [-0.05, 0) is 23.5 Å². The lowest BCUT2D eigenvalue weighted by molar-refractivity contribution is -0.122. The molecule has 3 rings (SSSR count). The van der Waals surface area contributed by atoms with E-state index in [-0.39, 0.29) is 11.8 Å². The Balaban J connectivity index is 1.53. The zero-order valence-electron chi connectivity index (χ0n) is 10.8. The number of carbonyl (C=O) groups excluding carboxylic acids is 1. The summed E-state index contributed by atoms with van der Waals surface area (Å²) in [5.74, 6) is 0.751. The molecular weight excluding hydrogens is 234 g/mol. The number of carbonyl (C=O) groups is 1. The first-order valence-electron chi connectivity index (χ1n) is 6.71. The van der Waals surface area contributed by atoms with Gasteiger partial charge in [0.1, 0.15) is 0 Å². The second-order valence-electron chi connectivity index (χ2n) is 5.06. The number of benzene rings is 2. The van der Waals surface area contributed by atoms with Crippen molar-refractivity contribution in [2.24, 2.45) is 5.92 Å². The Kier molecular flexibility index (Phi) is 3.32. The van der Waals surface area contributed by atoms with Crippen molar-refractivity contribution < 1.29 is 4.79 Å². The van der Waals surface area contributed by atoms with Crippen LogP contribution in [0.5, 0.6) is 0 Å². The lowest BCUT2D eigenvalue weighted by Gasteiger charge is -2.05. The summed E-state index contributed by atoms with van der Waals surface area (Å²) < 4.78 is 0. The van der Waals surface area contributed by atoms with Gasteiger partial charge in [-0.25, -0.2) is 0 Å². The van der Waals surface area contributed by atoms with Gasteiger partial charge in [-0.3, -0.25) is 4.79 Å². The molecule has 1 fully saturated rings. The first-order chi connectivity index (χ1) is 9.34. The van der Waals surface area contributed by atoms with Crippen LogP contribution in [-0.2, 0) is 11.3 Å². The van der Waals surface area contributed by atoms with Crippen LogP contribution in [0.2, 0.25) is 0 Å². The first kappa shape index (κ1) is 12.0. The zero-order valence-corrected chi connectivity index (χ0v) is 10.8. The maximum atomic E-state index is 12.1. The first-order valence-corrected chi connectivity index (χ1v) is 6.71. The summed E-state index contributed by atoms with van der Waals surface area (Å²) in [6.45, 7) is 0.623. The van der Waals surface area contributed by atoms with Crippen molar-refractivity contribution in [3.63, 3.8) is 0 Å². The van der Waals surface area contributed by atoms with Crippen molar-refractivity contribution in [3.8, 4) is 0 Å². The molecule has 2 nitrogen and oxygen atoms in total. The molecule has 2 atom stereocenters. The molecule has 1 saturated carbocycles. The van der Waals surface area contributed by atoms with Crippen LogP contribution < -0.4 is 5.32 Å². The van der Waals surface area contributed by atoms with Crippen LogP contribution in [0.3, 0.4) is 0 Å². The van der Waals surface area contributed by atoms with Crippen molar-refractivity contribution >= 4 is 5.91 Å². The van der Waals surface area contributed by atoms with Gasteiger partial charge in [0.15, 0.2) is 0 Å². The van der Waals surface area contributed by atoms with E-state index in [0.29, 0.717) is 12.5 Å². The molecular formula is C17H17NO. The summed E-state index contributed by atoms with van der Waals surface area (Å²) in [5.41, 5.74) is 2.43. The second kappa shape index (κ2) is 5.27. The predicted molar refractivity (Wildman–Crippen MR) is 75.6 cm³/mol. The summed E-state index contributed by atoms with van der Waals surface area (Å²) in [4.78, 5) is 12.1. The summed E-state index contributed by atoms with van der Waals surface area (Å²) in [6, 6.07) is 20.3. The molecule has 0 saturated heterocycles. The van der Waals surface area contributed by atoms with Crippen LogP contribution in [0.15, 0.2) is 60.7 Å². The Morgan fingerprint density at radius 2 is 1.63 bits per heavy atom. The molecule has 0 spiro atoms. The molecule has 1 aliphatic rings. The molecule has 1 aliphatic carbocycles. The molecule has 1 N–H and O–H groups in total. The van der Waals surface area contributed by atoms with Gasteiger partial charge >= 0.3 is 0 Å². The SMILES string of the molecule is O=C(NCc1ccccc1)[C@@H]1C[C@@H]1c1ccccc1. The van der Waals surface area contributed by atoms with Crippen LogP contribution in [-0.4, -0.2) is 5.91 Å². The average Bonchev–Trinajstić information content (AvgIpc) is 3.27. The van der Waals surface area contributed by atoms with E-state index in [1.54, 1.807) is 0 Å². The highest BCUT2D eigenvalue weighted by Crippen LogP contribution is 2.47. The Hall–Kier alpha value is -2.09. The molecule has 1 amide bonds. The summed E-state index contributed by atoms with van der Waals surface area (Å²) >= 11 is 0. The topological polar surface area (TPSA) is 29.1 Å². The largest absolute Gasteiger partial charge is 0.352 e.